The summed E-state index contributed by atoms with van der Waals surface area (Å²) in [5.41, 5.74) is 8.47. The summed E-state index contributed by atoms with van der Waals surface area (Å²) in [6.45, 7) is 0.992. The second-order valence-corrected chi connectivity index (χ2v) is 7.16. The van der Waals surface area contributed by atoms with Crippen molar-refractivity contribution < 1.29 is 0 Å². The van der Waals surface area contributed by atoms with E-state index in [0.29, 0.717) is 5.82 Å². The van der Waals surface area contributed by atoms with Gasteiger partial charge in [0.2, 0.25) is 0 Å². The summed E-state index contributed by atoms with van der Waals surface area (Å²) in [6.07, 6.45) is 0. The summed E-state index contributed by atoms with van der Waals surface area (Å²) < 4.78 is 0. The highest BCUT2D eigenvalue weighted by atomic mass is 32.2. The van der Waals surface area contributed by atoms with Crippen molar-refractivity contribution in [1.82, 2.24) is 14.9 Å². The van der Waals surface area contributed by atoms with Crippen LogP contribution in [0.1, 0.15) is 0 Å². The lowest BCUT2D eigenvalue weighted by atomic mass is 10.1. The van der Waals surface area contributed by atoms with Crippen LogP contribution in [0.25, 0.3) is 21.3 Å². The molecule has 0 unspecified atom stereocenters. The van der Waals surface area contributed by atoms with Crippen LogP contribution in [0.5, 0.6) is 0 Å². The monoisotopic (exact) mass is 330 g/mol. The Morgan fingerprint density at radius 3 is 2.68 bits per heavy atom. The highest BCUT2D eigenvalue weighted by Gasteiger charge is 2.13. The van der Waals surface area contributed by atoms with Gasteiger partial charge in [-0.1, -0.05) is 42.1 Å². The summed E-state index contributed by atoms with van der Waals surface area (Å²) in [6, 6.07) is 10.2. The third-order valence-corrected chi connectivity index (χ3v) is 5.00. The fraction of sp³-hybridized carbons (Fsp3) is 0.250. The van der Waals surface area contributed by atoms with E-state index >= 15 is 0 Å². The molecule has 2 heterocycles. The molecule has 0 amide bonds. The van der Waals surface area contributed by atoms with Crippen LogP contribution in [0.3, 0.4) is 0 Å². The smallest absolute Gasteiger partial charge is 0.190 e. The minimum absolute atomic E-state index is 0.567. The van der Waals surface area contributed by atoms with E-state index in [9.17, 15) is 0 Å². The lowest BCUT2D eigenvalue weighted by Crippen LogP contribution is -2.15. The molecule has 4 nitrogen and oxygen atoms in total. The average Bonchev–Trinajstić information content (AvgIpc) is 2.92. The van der Waals surface area contributed by atoms with Crippen LogP contribution in [0.15, 0.2) is 40.9 Å². The van der Waals surface area contributed by atoms with Crippen molar-refractivity contribution >= 4 is 39.1 Å². The number of fused-ring (bicyclic) bond motifs is 1. The minimum atomic E-state index is 0.567. The molecule has 0 aliphatic carbocycles. The predicted molar refractivity (Wildman–Crippen MR) is 96.5 cm³/mol. The molecule has 2 N–H and O–H groups in total. The van der Waals surface area contributed by atoms with Gasteiger partial charge in [-0.25, -0.2) is 9.97 Å². The van der Waals surface area contributed by atoms with Crippen LogP contribution < -0.4 is 5.73 Å². The number of rotatable bonds is 5. The number of thioether (sulfide) groups is 1. The van der Waals surface area contributed by atoms with E-state index in [0.717, 1.165) is 38.8 Å². The van der Waals surface area contributed by atoms with Crippen molar-refractivity contribution in [1.29, 1.82) is 0 Å². The summed E-state index contributed by atoms with van der Waals surface area (Å²) in [7, 11) is 4.12. The summed E-state index contributed by atoms with van der Waals surface area (Å²) in [5, 5.41) is 3.83. The zero-order chi connectivity index (χ0) is 15.5. The lowest BCUT2D eigenvalue weighted by Gasteiger charge is -2.08. The van der Waals surface area contributed by atoms with Gasteiger partial charge in [0.1, 0.15) is 10.6 Å². The zero-order valence-electron chi connectivity index (χ0n) is 12.6. The molecule has 0 atom stereocenters. The van der Waals surface area contributed by atoms with Gasteiger partial charge in [-0.15, -0.1) is 11.3 Å². The molecule has 0 fully saturated rings. The Morgan fingerprint density at radius 1 is 1.18 bits per heavy atom. The van der Waals surface area contributed by atoms with Crippen molar-refractivity contribution in [3.8, 4) is 11.1 Å². The molecule has 0 saturated carbocycles. The molecule has 3 rings (SSSR count). The number of hydrogen-bond acceptors (Lipinski definition) is 6. The second-order valence-electron chi connectivity index (χ2n) is 5.24. The van der Waals surface area contributed by atoms with Gasteiger partial charge < -0.3 is 10.6 Å². The SMILES string of the molecule is CN(C)CCSc1nc(N)c2c(-c3ccccc3)csc2n1. The first-order valence-corrected chi connectivity index (χ1v) is 8.89. The Balaban J connectivity index is 1.93. The number of aromatic nitrogens is 2. The number of benzene rings is 1. The van der Waals surface area contributed by atoms with Gasteiger partial charge >= 0.3 is 0 Å². The van der Waals surface area contributed by atoms with Gasteiger partial charge in [-0.2, -0.15) is 0 Å². The van der Waals surface area contributed by atoms with Crippen LogP contribution >= 0.6 is 23.1 Å². The van der Waals surface area contributed by atoms with Crippen LogP contribution in [0.2, 0.25) is 0 Å². The van der Waals surface area contributed by atoms with Crippen molar-refractivity contribution in [2.24, 2.45) is 0 Å². The first kappa shape index (κ1) is 15.3. The first-order chi connectivity index (χ1) is 10.6. The molecule has 0 aliphatic rings. The van der Waals surface area contributed by atoms with Crippen molar-refractivity contribution in [3.63, 3.8) is 0 Å². The summed E-state index contributed by atoms with van der Waals surface area (Å²) in [5.74, 6) is 1.52. The summed E-state index contributed by atoms with van der Waals surface area (Å²) in [4.78, 5) is 12.2. The van der Waals surface area contributed by atoms with Crippen LogP contribution in [-0.4, -0.2) is 41.3 Å². The lowest BCUT2D eigenvalue weighted by molar-refractivity contribution is 0.437. The van der Waals surface area contributed by atoms with Crippen molar-refractivity contribution in [3.05, 3.63) is 35.7 Å². The topological polar surface area (TPSA) is 55.0 Å². The number of thiophene rings is 1. The Kier molecular flexibility index (Phi) is 4.61. The standard InChI is InChI=1S/C16H18N4S2/c1-20(2)8-9-21-16-18-14(17)13-12(10-22-15(13)19-16)11-6-4-3-5-7-11/h3-7,10H,8-9H2,1-2H3,(H2,17,18,19). The second kappa shape index (κ2) is 6.64. The molecule has 22 heavy (non-hydrogen) atoms. The van der Waals surface area contributed by atoms with E-state index in [2.05, 4.69) is 46.5 Å². The maximum atomic E-state index is 6.20. The van der Waals surface area contributed by atoms with E-state index in [1.54, 1.807) is 23.1 Å². The molecule has 0 spiro atoms. The first-order valence-electron chi connectivity index (χ1n) is 7.03. The Bertz CT molecular complexity index is 768. The third kappa shape index (κ3) is 3.24. The van der Waals surface area contributed by atoms with Crippen LogP contribution in [-0.2, 0) is 0 Å². The van der Waals surface area contributed by atoms with Crippen molar-refractivity contribution in [2.45, 2.75) is 5.16 Å². The van der Waals surface area contributed by atoms with E-state index in [-0.39, 0.29) is 0 Å². The molecule has 0 bridgehead atoms. The fourth-order valence-electron chi connectivity index (χ4n) is 2.16. The van der Waals surface area contributed by atoms with E-state index in [1.807, 2.05) is 18.2 Å². The van der Waals surface area contributed by atoms with Crippen LogP contribution in [0, 0.1) is 0 Å². The highest BCUT2D eigenvalue weighted by molar-refractivity contribution is 7.99. The Morgan fingerprint density at radius 2 is 1.95 bits per heavy atom. The van der Waals surface area contributed by atoms with E-state index in [4.69, 9.17) is 5.73 Å². The van der Waals surface area contributed by atoms with Gasteiger partial charge in [-0.05, 0) is 19.7 Å². The number of hydrogen-bond donors (Lipinski definition) is 1. The zero-order valence-corrected chi connectivity index (χ0v) is 14.2. The maximum Gasteiger partial charge on any atom is 0.190 e. The van der Waals surface area contributed by atoms with Gasteiger partial charge in [0.05, 0.1) is 5.39 Å². The number of nitrogens with two attached hydrogens (primary N) is 1. The van der Waals surface area contributed by atoms with Gasteiger partial charge in [0.15, 0.2) is 5.16 Å². The average molecular weight is 330 g/mol. The number of nitrogen functional groups attached to an aromatic ring is 1. The van der Waals surface area contributed by atoms with Crippen LogP contribution in [0.4, 0.5) is 5.82 Å². The molecule has 0 aliphatic heterocycles. The molecule has 0 saturated heterocycles. The Hall–Kier alpha value is -1.63. The highest BCUT2D eigenvalue weighted by Crippen LogP contribution is 2.36. The predicted octanol–water partition coefficient (Wildman–Crippen LogP) is 3.59. The largest absolute Gasteiger partial charge is 0.383 e. The number of anilines is 1. The molecule has 114 valence electrons. The molecule has 2 aromatic heterocycles. The maximum absolute atomic E-state index is 6.20. The quantitative estimate of drug-likeness (QED) is 0.572. The fourth-order valence-corrected chi connectivity index (χ4v) is 4.13. The van der Waals surface area contributed by atoms with Gasteiger partial charge in [0.25, 0.3) is 0 Å². The molecule has 3 aromatic rings. The molecule has 1 aromatic carbocycles. The molecule has 0 radical (unpaired) electrons. The summed E-state index contributed by atoms with van der Waals surface area (Å²) >= 11 is 3.27. The van der Waals surface area contributed by atoms with E-state index in [1.165, 1.54) is 0 Å². The molecule has 6 heteroatoms. The Labute approximate surface area is 138 Å². The normalized spacial score (nSPS) is 11.4. The van der Waals surface area contributed by atoms with Gasteiger partial charge in [0, 0.05) is 23.2 Å². The van der Waals surface area contributed by atoms with Crippen molar-refractivity contribution in [2.75, 3.05) is 32.1 Å². The third-order valence-electron chi connectivity index (χ3n) is 3.30. The molecular weight excluding hydrogens is 312 g/mol. The van der Waals surface area contributed by atoms with E-state index < -0.39 is 0 Å². The minimum Gasteiger partial charge on any atom is -0.383 e. The molecular formula is C16H18N4S2. The number of nitrogens with zero attached hydrogens (tertiary/aromatic N) is 3. The van der Waals surface area contributed by atoms with Gasteiger partial charge in [-0.3, -0.25) is 0 Å².